The lowest BCUT2D eigenvalue weighted by molar-refractivity contribution is 0.0971. The molecular formula is C18H21NO3. The maximum absolute atomic E-state index is 12.0. The monoisotopic (exact) mass is 299 g/mol. The minimum atomic E-state index is -0.614. The Kier molecular flexibility index (Phi) is 5.69. The van der Waals surface area contributed by atoms with Crippen LogP contribution in [0.4, 0.5) is 0 Å². The van der Waals surface area contributed by atoms with Crippen LogP contribution < -0.4 is 5.32 Å². The van der Waals surface area contributed by atoms with Gasteiger partial charge in [-0.3, -0.25) is 4.79 Å². The number of rotatable bonds is 7. The molecule has 0 aliphatic carbocycles. The number of aromatic hydroxyl groups is 1. The summed E-state index contributed by atoms with van der Waals surface area (Å²) in [7, 11) is 0. The van der Waals surface area contributed by atoms with Crippen LogP contribution in [0.15, 0.2) is 54.6 Å². The first kappa shape index (κ1) is 16.2. The lowest BCUT2D eigenvalue weighted by Gasteiger charge is -2.20. The van der Waals surface area contributed by atoms with Gasteiger partial charge in [-0.1, -0.05) is 42.5 Å². The molecule has 0 amide bonds. The molecule has 0 heterocycles. The first-order chi connectivity index (χ1) is 10.6. The highest BCUT2D eigenvalue weighted by atomic mass is 16.3. The van der Waals surface area contributed by atoms with Gasteiger partial charge in [0.05, 0.1) is 6.10 Å². The van der Waals surface area contributed by atoms with Gasteiger partial charge in [0.25, 0.3) is 0 Å². The second kappa shape index (κ2) is 7.73. The Morgan fingerprint density at radius 1 is 1.14 bits per heavy atom. The second-order valence-electron chi connectivity index (χ2n) is 5.32. The molecule has 0 saturated carbocycles. The highest BCUT2D eigenvalue weighted by Crippen LogP contribution is 2.16. The molecule has 3 N–H and O–H groups in total. The van der Waals surface area contributed by atoms with Crippen molar-refractivity contribution in [2.75, 3.05) is 6.54 Å². The summed E-state index contributed by atoms with van der Waals surface area (Å²) in [5.41, 5.74) is 1.35. The van der Waals surface area contributed by atoms with E-state index < -0.39 is 6.10 Å². The number of benzene rings is 2. The minimum absolute atomic E-state index is 0.0372. The molecule has 2 rings (SSSR count). The van der Waals surface area contributed by atoms with Crippen LogP contribution >= 0.6 is 0 Å². The van der Waals surface area contributed by atoms with E-state index in [4.69, 9.17) is 0 Å². The van der Waals surface area contributed by atoms with Crippen LogP contribution in [0.25, 0.3) is 0 Å². The van der Waals surface area contributed by atoms with Crippen molar-refractivity contribution in [3.8, 4) is 5.75 Å². The first-order valence-electron chi connectivity index (χ1n) is 7.36. The molecule has 4 nitrogen and oxygen atoms in total. The van der Waals surface area contributed by atoms with E-state index >= 15 is 0 Å². The molecule has 0 fully saturated rings. The van der Waals surface area contributed by atoms with E-state index in [9.17, 15) is 15.0 Å². The van der Waals surface area contributed by atoms with Crippen LogP contribution in [0.3, 0.4) is 0 Å². The molecule has 0 radical (unpaired) electrons. The van der Waals surface area contributed by atoms with Crippen molar-refractivity contribution < 1.29 is 15.0 Å². The predicted molar refractivity (Wildman–Crippen MR) is 85.9 cm³/mol. The van der Waals surface area contributed by atoms with Gasteiger partial charge >= 0.3 is 0 Å². The Hall–Kier alpha value is -2.17. The summed E-state index contributed by atoms with van der Waals surface area (Å²) in [6.07, 6.45) is -0.299. The summed E-state index contributed by atoms with van der Waals surface area (Å²) in [5.74, 6) is 0.0523. The molecule has 0 saturated heterocycles. The third-order valence-electron chi connectivity index (χ3n) is 3.60. The Bertz CT molecular complexity index is 613. The third-order valence-corrected chi connectivity index (χ3v) is 3.60. The number of aliphatic hydroxyl groups is 1. The van der Waals surface area contributed by atoms with Gasteiger partial charge in [-0.15, -0.1) is 0 Å². The Morgan fingerprint density at radius 2 is 1.86 bits per heavy atom. The van der Waals surface area contributed by atoms with E-state index in [0.29, 0.717) is 18.5 Å². The Morgan fingerprint density at radius 3 is 2.55 bits per heavy atom. The number of ketones is 1. The third kappa shape index (κ3) is 4.41. The van der Waals surface area contributed by atoms with Crippen LogP contribution in [0, 0.1) is 0 Å². The summed E-state index contributed by atoms with van der Waals surface area (Å²) in [6, 6.07) is 15.6. The number of carbonyl (C=O) groups is 1. The quantitative estimate of drug-likeness (QED) is 0.688. The number of phenols is 1. The smallest absolute Gasteiger partial charge is 0.164 e. The molecule has 0 spiro atoms. The number of nitrogens with one attached hydrogen (secondary N) is 1. The Labute approximate surface area is 130 Å². The van der Waals surface area contributed by atoms with E-state index in [-0.39, 0.29) is 17.6 Å². The van der Waals surface area contributed by atoms with Gasteiger partial charge in [0.2, 0.25) is 0 Å². The molecule has 22 heavy (non-hydrogen) atoms. The number of aliphatic hydroxyl groups excluding tert-OH is 1. The van der Waals surface area contributed by atoms with E-state index in [1.165, 1.54) is 12.1 Å². The molecule has 0 aliphatic rings. The number of phenolic OH excluding ortho intramolecular Hbond substituents is 1. The predicted octanol–water partition coefficient (Wildman–Crippen LogP) is 2.68. The van der Waals surface area contributed by atoms with Crippen molar-refractivity contribution in [3.05, 3.63) is 65.7 Å². The lowest BCUT2D eigenvalue weighted by atomic mass is 10.0. The topological polar surface area (TPSA) is 69.6 Å². The average Bonchev–Trinajstić information content (AvgIpc) is 2.54. The highest BCUT2D eigenvalue weighted by molar-refractivity contribution is 5.96. The molecule has 0 unspecified atom stereocenters. The van der Waals surface area contributed by atoms with Crippen molar-refractivity contribution in [2.24, 2.45) is 0 Å². The molecule has 0 aliphatic heterocycles. The van der Waals surface area contributed by atoms with E-state index in [1.54, 1.807) is 12.1 Å². The SMILES string of the molecule is C[C@H](NCCC(=O)c1cccc(O)c1)[C@H](O)c1ccccc1. The first-order valence-corrected chi connectivity index (χ1v) is 7.36. The normalized spacial score (nSPS) is 13.5. The van der Waals surface area contributed by atoms with Crippen LogP contribution in [0.2, 0.25) is 0 Å². The molecular weight excluding hydrogens is 278 g/mol. The van der Waals surface area contributed by atoms with Crippen molar-refractivity contribution in [3.63, 3.8) is 0 Å². The standard InChI is InChI=1S/C18H21NO3/c1-13(18(22)14-6-3-2-4-7-14)19-11-10-17(21)15-8-5-9-16(20)12-15/h2-9,12-13,18-20,22H,10-11H2,1H3/t13-,18-/m0/s1. The fraction of sp³-hybridized carbons (Fsp3) is 0.278. The summed E-state index contributed by atoms with van der Waals surface area (Å²) in [5, 5.41) is 22.8. The maximum atomic E-state index is 12.0. The van der Waals surface area contributed by atoms with Crippen LogP contribution in [-0.2, 0) is 0 Å². The van der Waals surface area contributed by atoms with E-state index in [0.717, 1.165) is 5.56 Å². The van der Waals surface area contributed by atoms with Gasteiger partial charge < -0.3 is 15.5 Å². The highest BCUT2D eigenvalue weighted by Gasteiger charge is 2.16. The summed E-state index contributed by atoms with van der Waals surface area (Å²) in [6.45, 7) is 2.36. The maximum Gasteiger partial charge on any atom is 0.164 e. The minimum Gasteiger partial charge on any atom is -0.508 e. The van der Waals surface area contributed by atoms with Crippen LogP contribution in [-0.4, -0.2) is 28.6 Å². The van der Waals surface area contributed by atoms with Gasteiger partial charge in [0.15, 0.2) is 5.78 Å². The number of hydrogen-bond acceptors (Lipinski definition) is 4. The van der Waals surface area contributed by atoms with Crippen molar-refractivity contribution >= 4 is 5.78 Å². The molecule has 4 heteroatoms. The van der Waals surface area contributed by atoms with Gasteiger partial charge in [-0.05, 0) is 24.6 Å². The number of hydrogen-bond donors (Lipinski definition) is 3. The molecule has 2 aromatic carbocycles. The zero-order chi connectivity index (χ0) is 15.9. The Balaban J connectivity index is 1.82. The second-order valence-corrected chi connectivity index (χ2v) is 5.32. The zero-order valence-electron chi connectivity index (χ0n) is 12.6. The summed E-state index contributed by atoms with van der Waals surface area (Å²) >= 11 is 0. The largest absolute Gasteiger partial charge is 0.508 e. The van der Waals surface area contributed by atoms with Gasteiger partial charge in [-0.2, -0.15) is 0 Å². The number of carbonyl (C=O) groups excluding carboxylic acids is 1. The summed E-state index contributed by atoms with van der Waals surface area (Å²) in [4.78, 5) is 12.0. The molecule has 2 aromatic rings. The van der Waals surface area contributed by atoms with Crippen molar-refractivity contribution in [2.45, 2.75) is 25.5 Å². The van der Waals surface area contributed by atoms with Crippen LogP contribution in [0.5, 0.6) is 5.75 Å². The van der Waals surface area contributed by atoms with Gasteiger partial charge in [0, 0.05) is 24.6 Å². The van der Waals surface area contributed by atoms with Gasteiger partial charge in [0.1, 0.15) is 5.75 Å². The zero-order valence-corrected chi connectivity index (χ0v) is 12.6. The average molecular weight is 299 g/mol. The fourth-order valence-corrected chi connectivity index (χ4v) is 2.29. The van der Waals surface area contributed by atoms with Crippen LogP contribution in [0.1, 0.15) is 35.4 Å². The van der Waals surface area contributed by atoms with Crippen molar-refractivity contribution in [1.82, 2.24) is 5.32 Å². The van der Waals surface area contributed by atoms with E-state index in [2.05, 4.69) is 5.32 Å². The lowest BCUT2D eigenvalue weighted by Crippen LogP contribution is -2.33. The molecule has 0 bridgehead atoms. The molecule has 2 atom stereocenters. The molecule has 0 aromatic heterocycles. The van der Waals surface area contributed by atoms with Crippen molar-refractivity contribution in [1.29, 1.82) is 0 Å². The van der Waals surface area contributed by atoms with Gasteiger partial charge in [-0.25, -0.2) is 0 Å². The molecule has 116 valence electrons. The number of Topliss-reactive ketones (excluding diaryl/α,β-unsaturated/α-hetero) is 1. The van der Waals surface area contributed by atoms with E-state index in [1.807, 2.05) is 37.3 Å². The fourth-order valence-electron chi connectivity index (χ4n) is 2.29. The summed E-state index contributed by atoms with van der Waals surface area (Å²) < 4.78 is 0.